The van der Waals surface area contributed by atoms with E-state index in [0.29, 0.717) is 37.5 Å². The van der Waals surface area contributed by atoms with Crippen molar-refractivity contribution in [3.05, 3.63) is 48.6 Å². The molecule has 0 unspecified atom stereocenters. The minimum absolute atomic E-state index is 0.358. The molecule has 1 saturated heterocycles. The van der Waals surface area contributed by atoms with Crippen LogP contribution < -0.4 is 4.90 Å². The van der Waals surface area contributed by atoms with Crippen molar-refractivity contribution < 1.29 is 44.3 Å². The highest BCUT2D eigenvalue weighted by Gasteiger charge is 2.19. The number of terminal acetylenes is 1. The summed E-state index contributed by atoms with van der Waals surface area (Å²) >= 11 is 0. The first kappa shape index (κ1) is 32.4. The van der Waals surface area contributed by atoms with Gasteiger partial charge in [-0.3, -0.25) is 0 Å². The molecule has 1 fully saturated rings. The molecule has 2 aromatic rings. The topological polar surface area (TPSA) is 183 Å². The summed E-state index contributed by atoms with van der Waals surface area (Å²) in [5.74, 6) is -1.47. The van der Waals surface area contributed by atoms with Crippen LogP contribution in [0.1, 0.15) is 6.42 Å². The van der Waals surface area contributed by atoms with Gasteiger partial charge in [-0.25, -0.2) is 24.2 Å². The minimum atomic E-state index is -1.26. The summed E-state index contributed by atoms with van der Waals surface area (Å²) in [6.07, 6.45) is 8.64. The van der Waals surface area contributed by atoms with Crippen molar-refractivity contribution >= 4 is 40.9 Å². The first-order valence-corrected chi connectivity index (χ1v) is 11.7. The van der Waals surface area contributed by atoms with Crippen LogP contribution in [-0.4, -0.2) is 105 Å². The molecule has 210 valence electrons. The standard InChI is InChI=1S/C18H24N4O.2C4H4O4/c1-3-14-23-15-13-22-17-8-5-4-7-16(17)19-18(22)21-10-6-9-20(2)11-12-21;2*5-3(6)1-2-4(7)8/h1,4-5,7-8H,6,9-15H2,2H3;2*1-2H,(H,5,6)(H,7,8). The molecule has 1 aliphatic heterocycles. The molecule has 13 nitrogen and oxygen atoms in total. The van der Waals surface area contributed by atoms with Gasteiger partial charge in [0.1, 0.15) is 6.61 Å². The van der Waals surface area contributed by atoms with Crippen LogP contribution in [0.15, 0.2) is 48.6 Å². The van der Waals surface area contributed by atoms with Gasteiger partial charge >= 0.3 is 23.9 Å². The molecular weight excluding hydrogens is 512 g/mol. The number of imidazole rings is 1. The Balaban J connectivity index is 0.000000393. The lowest BCUT2D eigenvalue weighted by atomic mass is 10.3. The van der Waals surface area contributed by atoms with E-state index in [9.17, 15) is 19.2 Å². The van der Waals surface area contributed by atoms with Gasteiger partial charge in [0.05, 0.1) is 17.6 Å². The van der Waals surface area contributed by atoms with Gasteiger partial charge in [0, 0.05) is 50.5 Å². The zero-order chi connectivity index (χ0) is 29.2. The maximum Gasteiger partial charge on any atom is 0.328 e. The van der Waals surface area contributed by atoms with E-state index in [2.05, 4.69) is 45.5 Å². The Kier molecular flexibility index (Phi) is 14.7. The number of hydrogen-bond acceptors (Lipinski definition) is 8. The quantitative estimate of drug-likeness (QED) is 0.202. The van der Waals surface area contributed by atoms with E-state index in [-0.39, 0.29) is 0 Å². The lowest BCUT2D eigenvalue weighted by Gasteiger charge is -2.23. The molecule has 1 aromatic carbocycles. The van der Waals surface area contributed by atoms with E-state index in [4.69, 9.17) is 36.6 Å². The van der Waals surface area contributed by atoms with E-state index in [1.54, 1.807) is 0 Å². The Morgan fingerprint density at radius 3 is 2.03 bits per heavy atom. The number of rotatable bonds is 9. The molecule has 1 aromatic heterocycles. The number of anilines is 1. The highest BCUT2D eigenvalue weighted by Crippen LogP contribution is 2.23. The number of benzene rings is 1. The summed E-state index contributed by atoms with van der Waals surface area (Å²) in [5, 5.41) is 31.2. The van der Waals surface area contributed by atoms with Crippen molar-refractivity contribution in [1.82, 2.24) is 14.5 Å². The predicted octanol–water partition coefficient (Wildman–Crippen LogP) is 1.25. The van der Waals surface area contributed by atoms with Gasteiger partial charge in [-0.2, -0.15) is 0 Å². The molecule has 0 bridgehead atoms. The summed E-state index contributed by atoms with van der Waals surface area (Å²) in [5.41, 5.74) is 2.20. The van der Waals surface area contributed by atoms with Gasteiger partial charge < -0.3 is 39.5 Å². The van der Waals surface area contributed by atoms with Gasteiger partial charge in [-0.05, 0) is 32.1 Å². The summed E-state index contributed by atoms with van der Waals surface area (Å²) in [6, 6.07) is 8.29. The zero-order valence-corrected chi connectivity index (χ0v) is 21.5. The van der Waals surface area contributed by atoms with Crippen LogP contribution >= 0.6 is 0 Å². The first-order valence-electron chi connectivity index (χ1n) is 11.7. The van der Waals surface area contributed by atoms with Crippen molar-refractivity contribution in [2.75, 3.05) is 51.3 Å². The van der Waals surface area contributed by atoms with Crippen LogP contribution in [0, 0.1) is 12.3 Å². The van der Waals surface area contributed by atoms with E-state index in [1.165, 1.54) is 0 Å². The third kappa shape index (κ3) is 13.4. The Morgan fingerprint density at radius 1 is 0.923 bits per heavy atom. The van der Waals surface area contributed by atoms with Gasteiger partial charge in [-0.1, -0.05) is 18.1 Å². The molecule has 13 heteroatoms. The second-order valence-corrected chi connectivity index (χ2v) is 7.97. The molecule has 0 aliphatic carbocycles. The summed E-state index contributed by atoms with van der Waals surface area (Å²) in [4.78, 5) is 47.9. The van der Waals surface area contributed by atoms with Crippen LogP contribution in [0.25, 0.3) is 11.0 Å². The largest absolute Gasteiger partial charge is 0.478 e. The SMILES string of the molecule is C#CCOCCn1c(N2CCCN(C)CC2)nc2ccccc21.O=C(O)C=CC(=O)O.O=C(O)C=CC(=O)O. The molecule has 39 heavy (non-hydrogen) atoms. The van der Waals surface area contributed by atoms with E-state index in [0.717, 1.165) is 56.1 Å². The fraction of sp³-hybridized carbons (Fsp3) is 0.346. The van der Waals surface area contributed by atoms with Gasteiger partial charge in [0.25, 0.3) is 0 Å². The molecule has 0 spiro atoms. The third-order valence-corrected chi connectivity index (χ3v) is 5.02. The third-order valence-electron chi connectivity index (χ3n) is 5.02. The smallest absolute Gasteiger partial charge is 0.328 e. The highest BCUT2D eigenvalue weighted by molar-refractivity contribution is 5.90. The van der Waals surface area contributed by atoms with E-state index in [1.807, 2.05) is 6.07 Å². The van der Waals surface area contributed by atoms with Crippen LogP contribution in [0.2, 0.25) is 0 Å². The first-order chi connectivity index (χ1) is 18.5. The van der Waals surface area contributed by atoms with Crippen molar-refractivity contribution in [3.8, 4) is 12.3 Å². The number of carboxylic acid groups (broad SMARTS) is 4. The lowest BCUT2D eigenvalue weighted by molar-refractivity contribution is -0.134. The summed E-state index contributed by atoms with van der Waals surface area (Å²) < 4.78 is 7.74. The molecule has 0 atom stereocenters. The second-order valence-electron chi connectivity index (χ2n) is 7.97. The molecule has 0 saturated carbocycles. The number of nitrogens with zero attached hydrogens (tertiary/aromatic N) is 4. The van der Waals surface area contributed by atoms with Crippen molar-refractivity contribution in [1.29, 1.82) is 0 Å². The predicted molar refractivity (Wildman–Crippen MR) is 143 cm³/mol. The van der Waals surface area contributed by atoms with Gasteiger partial charge in [0.2, 0.25) is 5.95 Å². The average molecular weight is 545 g/mol. The van der Waals surface area contributed by atoms with Crippen molar-refractivity contribution in [2.45, 2.75) is 13.0 Å². The average Bonchev–Trinajstić information content (AvgIpc) is 3.11. The second kappa shape index (κ2) is 17.7. The maximum absolute atomic E-state index is 9.55. The van der Waals surface area contributed by atoms with Crippen molar-refractivity contribution in [3.63, 3.8) is 0 Å². The van der Waals surface area contributed by atoms with Crippen LogP contribution in [0.3, 0.4) is 0 Å². The number of ether oxygens (including phenoxy) is 1. The fourth-order valence-corrected chi connectivity index (χ4v) is 3.34. The maximum atomic E-state index is 9.55. The number of likely N-dealkylation sites (N-methyl/N-ethyl adjacent to an activating group) is 1. The number of fused-ring (bicyclic) bond motifs is 1. The zero-order valence-electron chi connectivity index (χ0n) is 21.5. The number of para-hydroxylation sites is 2. The molecule has 0 radical (unpaired) electrons. The summed E-state index contributed by atoms with van der Waals surface area (Å²) in [6.45, 7) is 5.98. The minimum Gasteiger partial charge on any atom is -0.478 e. The Bertz CT molecular complexity index is 1150. The molecule has 2 heterocycles. The van der Waals surface area contributed by atoms with Gasteiger partial charge in [-0.15, -0.1) is 6.42 Å². The van der Waals surface area contributed by atoms with Crippen molar-refractivity contribution in [2.24, 2.45) is 0 Å². The Morgan fingerprint density at radius 2 is 1.49 bits per heavy atom. The monoisotopic (exact) mass is 544 g/mol. The molecule has 4 N–H and O–H groups in total. The normalized spacial score (nSPS) is 13.6. The van der Waals surface area contributed by atoms with Crippen LogP contribution in [0.5, 0.6) is 0 Å². The highest BCUT2D eigenvalue weighted by atomic mass is 16.5. The van der Waals surface area contributed by atoms with E-state index >= 15 is 0 Å². The van der Waals surface area contributed by atoms with Crippen LogP contribution in [-0.2, 0) is 30.5 Å². The molecular formula is C26H32N4O9. The lowest BCUT2D eigenvalue weighted by Crippen LogP contribution is -2.31. The number of carboxylic acids is 4. The fourth-order valence-electron chi connectivity index (χ4n) is 3.34. The Hall–Kier alpha value is -4.67. The van der Waals surface area contributed by atoms with Gasteiger partial charge in [0.15, 0.2) is 0 Å². The number of aliphatic carboxylic acids is 4. The number of hydrogen-bond donors (Lipinski definition) is 4. The summed E-state index contributed by atoms with van der Waals surface area (Å²) in [7, 11) is 2.18. The Labute approximate surface area is 225 Å². The number of aromatic nitrogens is 2. The number of carbonyl (C=O) groups is 4. The van der Waals surface area contributed by atoms with Crippen LogP contribution in [0.4, 0.5) is 5.95 Å². The van der Waals surface area contributed by atoms with E-state index < -0.39 is 23.9 Å². The molecule has 1 aliphatic rings. The molecule has 3 rings (SSSR count). The molecule has 0 amide bonds.